The summed E-state index contributed by atoms with van der Waals surface area (Å²) in [6.07, 6.45) is 11.0. The van der Waals surface area contributed by atoms with Gasteiger partial charge in [0.15, 0.2) is 5.82 Å². The van der Waals surface area contributed by atoms with Crippen molar-refractivity contribution >= 4 is 27.5 Å². The zero-order valence-electron chi connectivity index (χ0n) is 27.4. The minimum absolute atomic E-state index is 0.00809. The van der Waals surface area contributed by atoms with E-state index in [1.807, 2.05) is 0 Å². The molecule has 3 atom stereocenters. The quantitative estimate of drug-likeness (QED) is 0.273. The standard InChI is InChI=1S/C36H39F2N5O5/c1-5-23-25(37)10-9-21-16-22(44)17-24(27(21)23)30-29(38)31-28(33(39-30)46-4)32(43-14-15-47-19-35(2,45)18-43)41-34(40-31)48-20-36-11-6-8-26(36)42(3)13-7-12-36/h1,9-10,16-17,26,44-45H,6-8,11-15,18-20H2,2-4H3/t26-,35?,36-/m1/s1. The molecule has 3 aliphatic rings. The van der Waals surface area contributed by atoms with E-state index in [1.165, 1.54) is 31.4 Å². The Labute approximate surface area is 277 Å². The number of anilines is 1. The Morgan fingerprint density at radius 1 is 1.12 bits per heavy atom. The van der Waals surface area contributed by atoms with Gasteiger partial charge in [0.1, 0.15) is 39.6 Å². The molecule has 0 radical (unpaired) electrons. The van der Waals surface area contributed by atoms with Crippen LogP contribution in [0.4, 0.5) is 14.6 Å². The van der Waals surface area contributed by atoms with Crippen LogP contribution in [0.25, 0.3) is 32.9 Å². The van der Waals surface area contributed by atoms with Crippen LogP contribution in [0.5, 0.6) is 17.6 Å². The van der Waals surface area contributed by atoms with Crippen LogP contribution in [0.1, 0.15) is 44.6 Å². The molecule has 2 aromatic carbocycles. The van der Waals surface area contributed by atoms with Gasteiger partial charge in [-0.15, -0.1) is 6.42 Å². The lowest BCUT2D eigenvalue weighted by molar-refractivity contribution is -0.0123. The van der Waals surface area contributed by atoms with E-state index in [0.29, 0.717) is 31.2 Å². The van der Waals surface area contributed by atoms with Crippen molar-refractivity contribution in [3.8, 4) is 41.2 Å². The number of rotatable bonds is 6. The largest absolute Gasteiger partial charge is 0.508 e. The van der Waals surface area contributed by atoms with Crippen molar-refractivity contribution in [1.82, 2.24) is 19.9 Å². The normalized spacial score (nSPS) is 24.8. The van der Waals surface area contributed by atoms with E-state index in [9.17, 15) is 14.6 Å². The number of aliphatic hydroxyl groups is 1. The molecule has 0 spiro atoms. The first-order valence-corrected chi connectivity index (χ1v) is 16.3. The molecule has 48 heavy (non-hydrogen) atoms. The molecule has 2 aromatic heterocycles. The highest BCUT2D eigenvalue weighted by atomic mass is 19.1. The summed E-state index contributed by atoms with van der Waals surface area (Å²) in [5.41, 5.74) is -1.70. The molecule has 4 aromatic rings. The predicted octanol–water partition coefficient (Wildman–Crippen LogP) is 5.05. The summed E-state index contributed by atoms with van der Waals surface area (Å²) >= 11 is 0. The maximum atomic E-state index is 17.1. The molecule has 2 aliphatic heterocycles. The highest BCUT2D eigenvalue weighted by molar-refractivity contribution is 6.04. The number of phenolic OH excluding ortho intramolecular Hbond substituents is 1. The van der Waals surface area contributed by atoms with E-state index in [4.69, 9.17) is 25.6 Å². The van der Waals surface area contributed by atoms with Gasteiger partial charge in [0.25, 0.3) is 0 Å². The molecular weight excluding hydrogens is 620 g/mol. The van der Waals surface area contributed by atoms with Gasteiger partial charge in [-0.3, -0.25) is 0 Å². The maximum absolute atomic E-state index is 17.1. The van der Waals surface area contributed by atoms with E-state index in [2.05, 4.69) is 27.8 Å². The lowest BCUT2D eigenvalue weighted by Gasteiger charge is -2.44. The fourth-order valence-corrected chi connectivity index (χ4v) is 8.04. The SMILES string of the molecule is C#Cc1c(F)ccc2cc(O)cc(-c3nc(OC)c4c(N5CCOCC(C)(O)C5)nc(OC[C@]56CCC[C@H]5N(C)CCC6)nc4c3F)c12. The molecule has 1 aliphatic carbocycles. The van der Waals surface area contributed by atoms with Gasteiger partial charge >= 0.3 is 6.01 Å². The number of ether oxygens (including phenoxy) is 3. The van der Waals surface area contributed by atoms with Crippen molar-refractivity contribution in [3.05, 3.63) is 41.5 Å². The molecule has 252 valence electrons. The number of fused-ring (bicyclic) bond motifs is 3. The number of aromatic hydroxyl groups is 1. The highest BCUT2D eigenvalue weighted by Gasteiger charge is 2.47. The number of pyridine rings is 1. The summed E-state index contributed by atoms with van der Waals surface area (Å²) in [6, 6.07) is 5.73. The number of halogens is 2. The van der Waals surface area contributed by atoms with E-state index < -0.39 is 17.2 Å². The Kier molecular flexibility index (Phi) is 8.26. The second-order valence-corrected chi connectivity index (χ2v) is 13.6. The number of β-amino-alcohol motifs (C(OH)–C–C–N with tert-alkyl or cyclic N) is 1. The number of benzene rings is 2. The van der Waals surface area contributed by atoms with Crippen LogP contribution in [0, 0.1) is 29.4 Å². The molecule has 3 fully saturated rings. The lowest BCUT2D eigenvalue weighted by Crippen LogP contribution is -2.50. The minimum atomic E-state index is -1.23. The molecule has 4 heterocycles. The summed E-state index contributed by atoms with van der Waals surface area (Å²) in [7, 11) is 3.55. The molecule has 2 N–H and O–H groups in total. The van der Waals surface area contributed by atoms with Crippen molar-refractivity contribution < 1.29 is 33.2 Å². The molecule has 0 bridgehead atoms. The van der Waals surface area contributed by atoms with Gasteiger partial charge in [-0.1, -0.05) is 18.4 Å². The fraction of sp³-hybridized carbons (Fsp3) is 0.472. The van der Waals surface area contributed by atoms with Crippen LogP contribution in [0.3, 0.4) is 0 Å². The minimum Gasteiger partial charge on any atom is -0.508 e. The Hall–Kier alpha value is -4.31. The average Bonchev–Trinajstić information content (AvgIpc) is 3.42. The Balaban J connectivity index is 1.44. The van der Waals surface area contributed by atoms with E-state index in [-0.39, 0.29) is 75.1 Å². The number of methoxy groups -OCH3 is 1. The topological polar surface area (TPSA) is 113 Å². The van der Waals surface area contributed by atoms with E-state index in [0.717, 1.165) is 38.6 Å². The Morgan fingerprint density at radius 3 is 2.73 bits per heavy atom. The second-order valence-electron chi connectivity index (χ2n) is 13.6. The van der Waals surface area contributed by atoms with Crippen LogP contribution in [0.15, 0.2) is 24.3 Å². The van der Waals surface area contributed by atoms with E-state index in [1.54, 1.807) is 11.8 Å². The smallest absolute Gasteiger partial charge is 0.319 e. The van der Waals surface area contributed by atoms with Gasteiger partial charge < -0.3 is 34.2 Å². The van der Waals surface area contributed by atoms with Crippen molar-refractivity contribution in [2.75, 3.05) is 58.5 Å². The monoisotopic (exact) mass is 659 g/mol. The number of nitrogens with zero attached hydrogens (tertiary/aromatic N) is 5. The molecule has 7 rings (SSSR count). The molecule has 1 saturated carbocycles. The number of hydrogen-bond acceptors (Lipinski definition) is 10. The second kappa shape index (κ2) is 12.3. The fourth-order valence-electron chi connectivity index (χ4n) is 8.04. The van der Waals surface area contributed by atoms with Gasteiger partial charge in [0.2, 0.25) is 5.88 Å². The third-order valence-corrected chi connectivity index (χ3v) is 10.2. The Morgan fingerprint density at radius 2 is 1.94 bits per heavy atom. The number of likely N-dealkylation sites (tertiary alicyclic amines) is 1. The van der Waals surface area contributed by atoms with Crippen molar-refractivity contribution in [1.29, 1.82) is 0 Å². The average molecular weight is 660 g/mol. The van der Waals surface area contributed by atoms with Crippen LogP contribution >= 0.6 is 0 Å². The van der Waals surface area contributed by atoms with Crippen molar-refractivity contribution in [2.24, 2.45) is 5.41 Å². The van der Waals surface area contributed by atoms with Gasteiger partial charge in [-0.05, 0) is 69.8 Å². The summed E-state index contributed by atoms with van der Waals surface area (Å²) in [5.74, 6) is 0.921. The third-order valence-electron chi connectivity index (χ3n) is 10.2. The number of piperidine rings is 1. The van der Waals surface area contributed by atoms with Gasteiger partial charge in [-0.25, -0.2) is 13.8 Å². The van der Waals surface area contributed by atoms with Crippen molar-refractivity contribution in [2.45, 2.75) is 50.7 Å². The summed E-state index contributed by atoms with van der Waals surface area (Å²) in [4.78, 5) is 18.2. The molecule has 0 amide bonds. The van der Waals surface area contributed by atoms with Gasteiger partial charge in [0.05, 0.1) is 39.0 Å². The first kappa shape index (κ1) is 32.2. The van der Waals surface area contributed by atoms with Gasteiger partial charge in [0, 0.05) is 29.0 Å². The van der Waals surface area contributed by atoms with Crippen LogP contribution < -0.4 is 14.4 Å². The van der Waals surface area contributed by atoms with Crippen molar-refractivity contribution in [3.63, 3.8) is 0 Å². The summed E-state index contributed by atoms with van der Waals surface area (Å²) < 4.78 is 49.9. The van der Waals surface area contributed by atoms with Gasteiger partial charge in [-0.2, -0.15) is 9.97 Å². The van der Waals surface area contributed by atoms with E-state index >= 15 is 4.39 Å². The van der Waals surface area contributed by atoms with Crippen LogP contribution in [-0.2, 0) is 4.74 Å². The highest BCUT2D eigenvalue weighted by Crippen LogP contribution is 2.48. The summed E-state index contributed by atoms with van der Waals surface area (Å²) in [5, 5.41) is 22.5. The zero-order chi connectivity index (χ0) is 33.8. The molecule has 10 nitrogen and oxygen atoms in total. The summed E-state index contributed by atoms with van der Waals surface area (Å²) in [6.45, 7) is 3.94. The molecule has 12 heteroatoms. The van der Waals surface area contributed by atoms with Crippen LogP contribution in [-0.4, -0.2) is 95.3 Å². The predicted molar refractivity (Wildman–Crippen MR) is 177 cm³/mol. The molecular formula is C36H39F2N5O5. The number of hydrogen-bond donors (Lipinski definition) is 2. The number of phenols is 1. The first-order valence-electron chi connectivity index (χ1n) is 16.3. The maximum Gasteiger partial charge on any atom is 0.319 e. The number of terminal acetylenes is 1. The molecule has 2 saturated heterocycles. The Bertz CT molecular complexity index is 1950. The number of aromatic nitrogens is 3. The zero-order valence-corrected chi connectivity index (χ0v) is 27.4. The third kappa shape index (κ3) is 5.53. The lowest BCUT2D eigenvalue weighted by atomic mass is 9.76. The van der Waals surface area contributed by atoms with Crippen LogP contribution in [0.2, 0.25) is 0 Å². The first-order chi connectivity index (χ1) is 23.0. The molecule has 1 unspecified atom stereocenters.